The largest absolute Gasteiger partial charge is 0.377 e. The Hall–Kier alpha value is -1.59. The maximum Gasteiger partial charge on any atom is 0.112 e. The van der Waals surface area contributed by atoms with Crippen LogP contribution in [0.3, 0.4) is 0 Å². The highest BCUT2D eigenvalue weighted by Gasteiger charge is 2.23. The molecule has 1 aromatic heterocycles. The first-order valence-corrected chi connectivity index (χ1v) is 8.64. The van der Waals surface area contributed by atoms with Crippen molar-refractivity contribution < 1.29 is 4.74 Å². The van der Waals surface area contributed by atoms with E-state index in [1.807, 2.05) is 6.92 Å². The molecular weight excluding hydrogens is 294 g/mol. The molecule has 1 aliphatic heterocycles. The van der Waals surface area contributed by atoms with E-state index < -0.39 is 0 Å². The average Bonchev–Trinajstić information content (AvgIpc) is 2.90. The summed E-state index contributed by atoms with van der Waals surface area (Å²) in [5.74, 6) is 0. The van der Waals surface area contributed by atoms with Gasteiger partial charge in [-0.3, -0.25) is 0 Å². The fourth-order valence-electron chi connectivity index (χ4n) is 2.93. The molecule has 2 aromatic rings. The average molecular weight is 317 g/mol. The number of rotatable bonds is 4. The van der Waals surface area contributed by atoms with E-state index in [1.54, 1.807) is 11.3 Å². The Morgan fingerprint density at radius 1 is 1.27 bits per heavy atom. The Labute approximate surface area is 136 Å². The SMILES string of the molecule is Cc1csc(CNc2ccccc2N2C[C@@H](C)O[C@@H](C)C2)n1. The topological polar surface area (TPSA) is 37.4 Å². The maximum absolute atomic E-state index is 5.84. The zero-order valence-electron chi connectivity index (χ0n) is 13.4. The minimum Gasteiger partial charge on any atom is -0.377 e. The van der Waals surface area contributed by atoms with Crippen molar-refractivity contribution in [3.05, 3.63) is 40.3 Å². The van der Waals surface area contributed by atoms with Crippen molar-refractivity contribution in [2.75, 3.05) is 23.3 Å². The predicted molar refractivity (Wildman–Crippen MR) is 92.8 cm³/mol. The first-order valence-electron chi connectivity index (χ1n) is 7.76. The first kappa shape index (κ1) is 15.3. The summed E-state index contributed by atoms with van der Waals surface area (Å²) >= 11 is 1.70. The van der Waals surface area contributed by atoms with E-state index in [-0.39, 0.29) is 12.2 Å². The van der Waals surface area contributed by atoms with Gasteiger partial charge in [-0.1, -0.05) is 12.1 Å². The molecule has 0 unspecified atom stereocenters. The molecule has 1 fully saturated rings. The van der Waals surface area contributed by atoms with Crippen molar-refractivity contribution in [2.24, 2.45) is 0 Å². The van der Waals surface area contributed by atoms with Crippen molar-refractivity contribution in [3.8, 4) is 0 Å². The van der Waals surface area contributed by atoms with Crippen molar-refractivity contribution in [2.45, 2.75) is 39.5 Å². The van der Waals surface area contributed by atoms with E-state index in [9.17, 15) is 0 Å². The number of para-hydroxylation sites is 2. The van der Waals surface area contributed by atoms with Crippen molar-refractivity contribution in [3.63, 3.8) is 0 Å². The number of benzene rings is 1. The number of hydrogen-bond acceptors (Lipinski definition) is 5. The van der Waals surface area contributed by atoms with Gasteiger partial charge in [-0.25, -0.2) is 4.98 Å². The molecule has 0 radical (unpaired) electrons. The lowest BCUT2D eigenvalue weighted by atomic mass is 10.1. The fraction of sp³-hybridized carbons (Fsp3) is 0.471. The molecule has 2 atom stereocenters. The van der Waals surface area contributed by atoms with Gasteiger partial charge in [-0.2, -0.15) is 0 Å². The highest BCUT2D eigenvalue weighted by Crippen LogP contribution is 2.29. The van der Waals surface area contributed by atoms with Crippen LogP contribution in [-0.4, -0.2) is 30.3 Å². The van der Waals surface area contributed by atoms with Crippen LogP contribution in [0.2, 0.25) is 0 Å². The maximum atomic E-state index is 5.84. The number of hydrogen-bond donors (Lipinski definition) is 1. The zero-order valence-corrected chi connectivity index (χ0v) is 14.2. The molecule has 0 spiro atoms. The monoisotopic (exact) mass is 317 g/mol. The first-order chi connectivity index (χ1) is 10.6. The normalized spacial score (nSPS) is 21.9. The lowest BCUT2D eigenvalue weighted by Crippen LogP contribution is -2.45. The van der Waals surface area contributed by atoms with E-state index in [2.05, 4.69) is 58.7 Å². The quantitative estimate of drug-likeness (QED) is 0.933. The van der Waals surface area contributed by atoms with E-state index in [4.69, 9.17) is 4.74 Å². The van der Waals surface area contributed by atoms with Gasteiger partial charge in [-0.05, 0) is 32.9 Å². The highest BCUT2D eigenvalue weighted by atomic mass is 32.1. The highest BCUT2D eigenvalue weighted by molar-refractivity contribution is 7.09. The Morgan fingerprint density at radius 3 is 2.68 bits per heavy atom. The summed E-state index contributed by atoms with van der Waals surface area (Å²) in [6.07, 6.45) is 0.525. The van der Waals surface area contributed by atoms with Gasteiger partial charge in [0.1, 0.15) is 5.01 Å². The minimum atomic E-state index is 0.262. The molecule has 1 saturated heterocycles. The number of nitrogens with one attached hydrogen (secondary N) is 1. The summed E-state index contributed by atoms with van der Waals surface area (Å²) < 4.78 is 5.84. The Bertz CT molecular complexity index is 618. The molecular formula is C17H23N3OS. The second-order valence-electron chi connectivity index (χ2n) is 5.92. The molecule has 0 aliphatic carbocycles. The van der Waals surface area contributed by atoms with Gasteiger partial charge in [0.05, 0.1) is 30.1 Å². The molecule has 2 heterocycles. The number of nitrogens with zero attached hydrogens (tertiary/aromatic N) is 2. The Balaban J connectivity index is 1.74. The van der Waals surface area contributed by atoms with E-state index in [0.29, 0.717) is 0 Å². The van der Waals surface area contributed by atoms with Gasteiger partial charge < -0.3 is 15.0 Å². The van der Waals surface area contributed by atoms with Crippen LogP contribution >= 0.6 is 11.3 Å². The molecule has 1 aromatic carbocycles. The molecule has 1 aliphatic rings. The van der Waals surface area contributed by atoms with Gasteiger partial charge in [0, 0.05) is 24.2 Å². The second kappa shape index (κ2) is 6.67. The third-order valence-corrected chi connectivity index (χ3v) is 4.73. The summed E-state index contributed by atoms with van der Waals surface area (Å²) in [6.45, 7) is 8.93. The van der Waals surface area contributed by atoms with Crippen LogP contribution in [0.4, 0.5) is 11.4 Å². The van der Waals surface area contributed by atoms with Gasteiger partial charge in [0.2, 0.25) is 0 Å². The van der Waals surface area contributed by atoms with Crippen molar-refractivity contribution in [1.82, 2.24) is 4.98 Å². The fourth-order valence-corrected chi connectivity index (χ4v) is 3.64. The van der Waals surface area contributed by atoms with Gasteiger partial charge in [0.15, 0.2) is 0 Å². The molecule has 5 heteroatoms. The Kier molecular flexibility index (Phi) is 4.64. The standard InChI is InChI=1S/C17H23N3OS/c1-12-11-22-17(19-12)8-18-15-6-4-5-7-16(15)20-9-13(2)21-14(3)10-20/h4-7,11,13-14,18H,8-10H2,1-3H3/t13-,14+. The van der Waals surface area contributed by atoms with Gasteiger partial charge in [0.25, 0.3) is 0 Å². The molecule has 0 bridgehead atoms. The number of aryl methyl sites for hydroxylation is 1. The zero-order chi connectivity index (χ0) is 15.5. The number of aromatic nitrogens is 1. The Morgan fingerprint density at radius 2 is 2.00 bits per heavy atom. The summed E-state index contributed by atoms with van der Waals surface area (Å²) in [6, 6.07) is 8.49. The minimum absolute atomic E-state index is 0.262. The van der Waals surface area contributed by atoms with Crippen LogP contribution in [0.1, 0.15) is 24.5 Å². The third kappa shape index (κ3) is 3.59. The van der Waals surface area contributed by atoms with Crippen LogP contribution in [0.15, 0.2) is 29.6 Å². The number of morpholine rings is 1. The molecule has 118 valence electrons. The van der Waals surface area contributed by atoms with Crippen molar-refractivity contribution >= 4 is 22.7 Å². The van der Waals surface area contributed by atoms with Gasteiger partial charge >= 0.3 is 0 Å². The smallest absolute Gasteiger partial charge is 0.112 e. The third-order valence-electron chi connectivity index (χ3n) is 3.76. The van der Waals surface area contributed by atoms with E-state index >= 15 is 0 Å². The number of thiazole rings is 1. The molecule has 3 rings (SSSR count). The van der Waals surface area contributed by atoms with Crippen LogP contribution < -0.4 is 10.2 Å². The molecule has 22 heavy (non-hydrogen) atoms. The number of ether oxygens (including phenoxy) is 1. The summed E-state index contributed by atoms with van der Waals surface area (Å²) in [5.41, 5.74) is 3.50. The summed E-state index contributed by atoms with van der Waals surface area (Å²) in [4.78, 5) is 6.93. The van der Waals surface area contributed by atoms with Crippen LogP contribution in [0.5, 0.6) is 0 Å². The summed E-state index contributed by atoms with van der Waals surface area (Å²) in [5, 5.41) is 6.75. The lowest BCUT2D eigenvalue weighted by molar-refractivity contribution is -0.00517. The molecule has 0 amide bonds. The van der Waals surface area contributed by atoms with Gasteiger partial charge in [-0.15, -0.1) is 11.3 Å². The lowest BCUT2D eigenvalue weighted by Gasteiger charge is -2.37. The number of anilines is 2. The summed E-state index contributed by atoms with van der Waals surface area (Å²) in [7, 11) is 0. The van der Waals surface area contributed by atoms with Crippen LogP contribution in [0.25, 0.3) is 0 Å². The van der Waals surface area contributed by atoms with Crippen LogP contribution in [-0.2, 0) is 11.3 Å². The van der Waals surface area contributed by atoms with E-state index in [1.165, 1.54) is 5.69 Å². The molecule has 4 nitrogen and oxygen atoms in total. The molecule has 1 N–H and O–H groups in total. The van der Waals surface area contributed by atoms with Crippen molar-refractivity contribution in [1.29, 1.82) is 0 Å². The van der Waals surface area contributed by atoms with E-state index in [0.717, 1.165) is 36.0 Å². The van der Waals surface area contributed by atoms with Crippen LogP contribution in [0, 0.1) is 6.92 Å². The second-order valence-corrected chi connectivity index (χ2v) is 6.86. The predicted octanol–water partition coefficient (Wildman–Crippen LogP) is 3.68. The molecule has 0 saturated carbocycles.